The minimum Gasteiger partial charge on any atom is -0.504 e. The van der Waals surface area contributed by atoms with E-state index in [1.807, 2.05) is 6.07 Å². The average Bonchev–Trinajstić information content (AvgIpc) is 2.71. The van der Waals surface area contributed by atoms with Crippen molar-refractivity contribution in [2.75, 3.05) is 37.6 Å². The molecule has 0 spiro atoms. The fourth-order valence-corrected chi connectivity index (χ4v) is 3.14. The molecule has 1 amide bonds. The van der Waals surface area contributed by atoms with Gasteiger partial charge in [-0.15, -0.1) is 0 Å². The SMILES string of the molecule is O=C(CC[NH+]1CCN(c2ccccc2)CC1)N/N=C/c1cccc(O)c1O. The van der Waals surface area contributed by atoms with Crippen molar-refractivity contribution in [1.29, 1.82) is 0 Å². The molecule has 0 aromatic heterocycles. The molecule has 0 radical (unpaired) electrons. The third-order valence-electron chi connectivity index (χ3n) is 4.74. The fraction of sp³-hybridized carbons (Fsp3) is 0.300. The van der Waals surface area contributed by atoms with E-state index in [0.29, 0.717) is 12.0 Å². The van der Waals surface area contributed by atoms with Gasteiger partial charge in [-0.1, -0.05) is 24.3 Å². The highest BCUT2D eigenvalue weighted by Crippen LogP contribution is 2.26. The van der Waals surface area contributed by atoms with Crippen LogP contribution in [0, 0.1) is 0 Å². The minimum atomic E-state index is -0.253. The first-order valence-corrected chi connectivity index (χ1v) is 9.10. The molecule has 2 aromatic rings. The van der Waals surface area contributed by atoms with Gasteiger partial charge in [-0.3, -0.25) is 4.79 Å². The number of hydrazone groups is 1. The summed E-state index contributed by atoms with van der Waals surface area (Å²) in [7, 11) is 0. The number of quaternary nitrogens is 1. The first-order chi connectivity index (χ1) is 13.1. The Bertz CT molecular complexity index is 787. The van der Waals surface area contributed by atoms with Crippen molar-refractivity contribution in [3.8, 4) is 11.5 Å². The molecule has 4 N–H and O–H groups in total. The third-order valence-corrected chi connectivity index (χ3v) is 4.74. The van der Waals surface area contributed by atoms with E-state index in [2.05, 4.69) is 39.7 Å². The van der Waals surface area contributed by atoms with E-state index in [1.165, 1.54) is 22.9 Å². The molecular formula is C20H25N4O3+. The zero-order valence-corrected chi connectivity index (χ0v) is 15.1. The van der Waals surface area contributed by atoms with Gasteiger partial charge in [-0.25, -0.2) is 5.43 Å². The van der Waals surface area contributed by atoms with Crippen LogP contribution >= 0.6 is 0 Å². The maximum absolute atomic E-state index is 12.0. The molecule has 0 unspecified atom stereocenters. The second-order valence-corrected chi connectivity index (χ2v) is 6.58. The Morgan fingerprint density at radius 2 is 1.85 bits per heavy atom. The molecule has 0 atom stereocenters. The van der Waals surface area contributed by atoms with Gasteiger partial charge in [-0.05, 0) is 24.3 Å². The molecule has 1 fully saturated rings. The highest BCUT2D eigenvalue weighted by molar-refractivity contribution is 5.86. The van der Waals surface area contributed by atoms with E-state index in [-0.39, 0.29) is 17.4 Å². The topological polar surface area (TPSA) is 89.6 Å². The van der Waals surface area contributed by atoms with Gasteiger partial charge < -0.3 is 20.0 Å². The van der Waals surface area contributed by atoms with Crippen molar-refractivity contribution in [2.45, 2.75) is 6.42 Å². The summed E-state index contributed by atoms with van der Waals surface area (Å²) in [6.45, 7) is 4.73. The maximum atomic E-state index is 12.0. The zero-order valence-electron chi connectivity index (χ0n) is 15.1. The maximum Gasteiger partial charge on any atom is 0.245 e. The number of anilines is 1. The number of carbonyl (C=O) groups is 1. The van der Waals surface area contributed by atoms with Crippen molar-refractivity contribution in [3.05, 3.63) is 54.1 Å². The van der Waals surface area contributed by atoms with Gasteiger partial charge in [0.15, 0.2) is 11.5 Å². The summed E-state index contributed by atoms with van der Waals surface area (Å²) < 4.78 is 0. The lowest BCUT2D eigenvalue weighted by atomic mass is 10.2. The van der Waals surface area contributed by atoms with Crippen LogP contribution in [0.3, 0.4) is 0 Å². The number of nitrogens with zero attached hydrogens (tertiary/aromatic N) is 2. The molecule has 1 aliphatic heterocycles. The van der Waals surface area contributed by atoms with Crippen LogP contribution < -0.4 is 15.2 Å². The number of rotatable bonds is 6. The van der Waals surface area contributed by atoms with E-state index in [1.54, 1.807) is 12.1 Å². The van der Waals surface area contributed by atoms with Crippen molar-refractivity contribution in [1.82, 2.24) is 5.43 Å². The van der Waals surface area contributed by atoms with Gasteiger partial charge in [0.1, 0.15) is 0 Å². The molecule has 2 aromatic carbocycles. The number of hydrogen-bond acceptors (Lipinski definition) is 5. The Balaban J connectivity index is 1.39. The van der Waals surface area contributed by atoms with E-state index in [9.17, 15) is 15.0 Å². The summed E-state index contributed by atoms with van der Waals surface area (Å²) in [5.74, 6) is -0.636. The third kappa shape index (κ3) is 5.21. The smallest absolute Gasteiger partial charge is 0.245 e. The van der Waals surface area contributed by atoms with Crippen LogP contribution in [0.4, 0.5) is 5.69 Å². The zero-order chi connectivity index (χ0) is 19.1. The van der Waals surface area contributed by atoms with Crippen LogP contribution in [0.1, 0.15) is 12.0 Å². The van der Waals surface area contributed by atoms with Crippen LogP contribution in [0.25, 0.3) is 0 Å². The Hall–Kier alpha value is -3.06. The molecule has 1 heterocycles. The average molecular weight is 369 g/mol. The molecule has 1 aliphatic rings. The van der Waals surface area contributed by atoms with Crippen molar-refractivity contribution in [3.63, 3.8) is 0 Å². The van der Waals surface area contributed by atoms with Crippen molar-refractivity contribution in [2.24, 2.45) is 5.10 Å². The number of hydrogen-bond donors (Lipinski definition) is 4. The number of para-hydroxylation sites is 2. The van der Waals surface area contributed by atoms with Gasteiger partial charge in [0.05, 0.1) is 45.4 Å². The largest absolute Gasteiger partial charge is 0.504 e. The van der Waals surface area contributed by atoms with Crippen LogP contribution in [0.5, 0.6) is 11.5 Å². The second kappa shape index (κ2) is 9.05. The van der Waals surface area contributed by atoms with E-state index >= 15 is 0 Å². The predicted molar refractivity (Wildman–Crippen MR) is 104 cm³/mol. The molecule has 27 heavy (non-hydrogen) atoms. The monoisotopic (exact) mass is 369 g/mol. The number of piperazine rings is 1. The number of amides is 1. The number of aromatic hydroxyl groups is 2. The van der Waals surface area contributed by atoms with Gasteiger partial charge in [0, 0.05) is 11.3 Å². The molecular weight excluding hydrogens is 344 g/mol. The molecule has 0 aliphatic carbocycles. The van der Waals surface area contributed by atoms with Crippen LogP contribution in [0.2, 0.25) is 0 Å². The van der Waals surface area contributed by atoms with Gasteiger partial charge in [-0.2, -0.15) is 5.10 Å². The van der Waals surface area contributed by atoms with Crippen LogP contribution in [-0.2, 0) is 4.79 Å². The number of phenols is 2. The fourth-order valence-electron chi connectivity index (χ4n) is 3.14. The van der Waals surface area contributed by atoms with Crippen molar-refractivity contribution < 1.29 is 19.9 Å². The first kappa shape index (κ1) is 18.7. The van der Waals surface area contributed by atoms with Crippen LogP contribution in [-0.4, -0.2) is 55.1 Å². The summed E-state index contributed by atoms with van der Waals surface area (Å²) in [5, 5.41) is 22.9. The van der Waals surface area contributed by atoms with Crippen molar-refractivity contribution >= 4 is 17.8 Å². The normalized spacial score (nSPS) is 15.2. The summed E-state index contributed by atoms with van der Waals surface area (Å²) in [6.07, 6.45) is 1.71. The lowest BCUT2D eigenvalue weighted by Gasteiger charge is -2.33. The molecule has 7 nitrogen and oxygen atoms in total. The molecule has 3 rings (SSSR count). The molecule has 0 bridgehead atoms. The second-order valence-electron chi connectivity index (χ2n) is 6.58. The Morgan fingerprint density at radius 3 is 2.59 bits per heavy atom. The molecule has 142 valence electrons. The number of benzene rings is 2. The van der Waals surface area contributed by atoms with Gasteiger partial charge >= 0.3 is 0 Å². The lowest BCUT2D eigenvalue weighted by Crippen LogP contribution is -3.15. The first-order valence-electron chi connectivity index (χ1n) is 9.10. The van der Waals surface area contributed by atoms with E-state index < -0.39 is 0 Å². The highest BCUT2D eigenvalue weighted by atomic mass is 16.3. The Morgan fingerprint density at radius 1 is 1.11 bits per heavy atom. The summed E-state index contributed by atoms with van der Waals surface area (Å²) in [4.78, 5) is 15.7. The number of phenolic OH excluding ortho intramolecular Hbond substituents is 2. The van der Waals surface area contributed by atoms with Crippen LogP contribution in [0.15, 0.2) is 53.6 Å². The van der Waals surface area contributed by atoms with E-state index in [0.717, 1.165) is 32.7 Å². The molecule has 7 heteroatoms. The standard InChI is InChI=1S/C20H24N4O3/c25-18-8-4-5-16(20(18)27)15-21-22-19(26)9-10-23-11-13-24(14-12-23)17-6-2-1-3-7-17/h1-8,15,25,27H,9-14H2,(H,22,26)/p+1/b21-15+. The Kier molecular flexibility index (Phi) is 6.27. The highest BCUT2D eigenvalue weighted by Gasteiger charge is 2.20. The number of nitrogens with one attached hydrogen (secondary N) is 2. The summed E-state index contributed by atoms with van der Waals surface area (Å²) in [5.41, 5.74) is 4.06. The molecule has 1 saturated heterocycles. The Labute approximate surface area is 158 Å². The molecule has 0 saturated carbocycles. The summed E-state index contributed by atoms with van der Waals surface area (Å²) in [6, 6.07) is 14.9. The minimum absolute atomic E-state index is 0.163. The van der Waals surface area contributed by atoms with Gasteiger partial charge in [0.25, 0.3) is 0 Å². The number of carbonyl (C=O) groups excluding carboxylic acids is 1. The lowest BCUT2D eigenvalue weighted by molar-refractivity contribution is -0.900. The predicted octanol–water partition coefficient (Wildman–Crippen LogP) is 0.343. The summed E-state index contributed by atoms with van der Waals surface area (Å²) >= 11 is 0. The van der Waals surface area contributed by atoms with Gasteiger partial charge in [0.2, 0.25) is 5.91 Å². The van der Waals surface area contributed by atoms with E-state index in [4.69, 9.17) is 0 Å². The quantitative estimate of drug-likeness (QED) is 0.336.